The SMILES string of the molecule is FCC[N]CF. The molecule has 0 aromatic rings. The maximum absolute atomic E-state index is 10.9. The van der Waals surface area contributed by atoms with Crippen molar-refractivity contribution in [2.45, 2.75) is 0 Å². The molecule has 6 heavy (non-hydrogen) atoms. The van der Waals surface area contributed by atoms with E-state index in [9.17, 15) is 8.78 Å². The van der Waals surface area contributed by atoms with Gasteiger partial charge in [0.2, 0.25) is 0 Å². The molecule has 0 aliphatic rings. The van der Waals surface area contributed by atoms with Crippen molar-refractivity contribution in [1.29, 1.82) is 0 Å². The number of hydrogen-bond donors (Lipinski definition) is 0. The summed E-state index contributed by atoms with van der Waals surface area (Å²) in [6.45, 7) is -1.32. The van der Waals surface area contributed by atoms with Gasteiger partial charge in [0.25, 0.3) is 0 Å². The van der Waals surface area contributed by atoms with Gasteiger partial charge in [-0.05, 0) is 0 Å². The van der Waals surface area contributed by atoms with Gasteiger partial charge in [-0.1, -0.05) is 0 Å². The molecule has 0 aliphatic heterocycles. The standard InChI is InChI=1S/C3H6F2N/c4-1-2-6-3-5/h1-3H2. The molecule has 0 N–H and O–H groups in total. The molecule has 0 heterocycles. The molecule has 0 bridgehead atoms. The van der Waals surface area contributed by atoms with Crippen molar-refractivity contribution in [3.8, 4) is 0 Å². The minimum atomic E-state index is -0.760. The summed E-state index contributed by atoms with van der Waals surface area (Å²) in [5.41, 5.74) is 0. The Bertz CT molecular complexity index is 20.8. The topological polar surface area (TPSA) is 14.1 Å². The lowest BCUT2D eigenvalue weighted by Crippen LogP contribution is -2.05. The highest BCUT2D eigenvalue weighted by atomic mass is 19.1. The van der Waals surface area contributed by atoms with Crippen LogP contribution in [0.1, 0.15) is 0 Å². The predicted molar refractivity (Wildman–Crippen MR) is 19.0 cm³/mol. The van der Waals surface area contributed by atoms with Crippen molar-refractivity contribution in [3.63, 3.8) is 0 Å². The van der Waals surface area contributed by atoms with Crippen molar-refractivity contribution in [2.75, 3.05) is 20.0 Å². The Morgan fingerprint density at radius 2 is 2.00 bits per heavy atom. The summed E-state index contributed by atoms with van der Waals surface area (Å²) in [4.78, 5) is 0. The third kappa shape index (κ3) is 3.82. The van der Waals surface area contributed by atoms with Gasteiger partial charge in [0, 0.05) is 6.54 Å². The Morgan fingerprint density at radius 3 is 2.17 bits per heavy atom. The summed E-state index contributed by atoms with van der Waals surface area (Å²) < 4.78 is 21.8. The number of alkyl halides is 2. The maximum Gasteiger partial charge on any atom is 0.155 e. The summed E-state index contributed by atoms with van der Waals surface area (Å²) in [6, 6.07) is 0. The summed E-state index contributed by atoms with van der Waals surface area (Å²) in [6.07, 6.45) is 0. The van der Waals surface area contributed by atoms with Crippen LogP contribution < -0.4 is 5.32 Å². The van der Waals surface area contributed by atoms with Gasteiger partial charge in [0.1, 0.15) is 6.67 Å². The molecule has 37 valence electrons. The summed E-state index contributed by atoms with van der Waals surface area (Å²) >= 11 is 0. The highest BCUT2D eigenvalue weighted by molar-refractivity contribution is 4.30. The Morgan fingerprint density at radius 1 is 1.33 bits per heavy atom. The monoisotopic (exact) mass is 94.0 g/mol. The molecule has 0 unspecified atom stereocenters. The van der Waals surface area contributed by atoms with Crippen molar-refractivity contribution in [1.82, 2.24) is 5.32 Å². The Hall–Kier alpha value is -0.180. The molecule has 0 aliphatic carbocycles. The van der Waals surface area contributed by atoms with Crippen molar-refractivity contribution >= 4 is 0 Å². The number of nitrogens with zero attached hydrogens (tertiary/aromatic N) is 1. The van der Waals surface area contributed by atoms with Gasteiger partial charge in [0.05, 0.1) is 0 Å². The summed E-state index contributed by atoms with van der Waals surface area (Å²) in [5, 5.41) is 3.05. The normalized spacial score (nSPS) is 9.00. The fourth-order valence-electron chi connectivity index (χ4n) is 0.120. The Balaban J connectivity index is 2.34. The van der Waals surface area contributed by atoms with Gasteiger partial charge in [0.15, 0.2) is 6.80 Å². The zero-order valence-corrected chi connectivity index (χ0v) is 3.32. The maximum atomic E-state index is 10.9. The van der Waals surface area contributed by atoms with Gasteiger partial charge in [-0.3, -0.25) is 0 Å². The molecular formula is C3H6F2N. The van der Waals surface area contributed by atoms with E-state index in [1.165, 1.54) is 0 Å². The van der Waals surface area contributed by atoms with Crippen LogP contribution in [0.25, 0.3) is 0 Å². The van der Waals surface area contributed by atoms with E-state index in [4.69, 9.17) is 0 Å². The third-order valence-electron chi connectivity index (χ3n) is 0.327. The quantitative estimate of drug-likeness (QED) is 0.357. The number of hydrogen-bond acceptors (Lipinski definition) is 0. The molecule has 1 nitrogen and oxygen atoms in total. The fourth-order valence-corrected chi connectivity index (χ4v) is 0.120. The molecule has 0 aromatic heterocycles. The van der Waals surface area contributed by atoms with Crippen LogP contribution in [0.3, 0.4) is 0 Å². The lowest BCUT2D eigenvalue weighted by molar-refractivity contribution is 0.385. The van der Waals surface area contributed by atoms with Crippen LogP contribution in [0.2, 0.25) is 0 Å². The van der Waals surface area contributed by atoms with Crippen molar-refractivity contribution < 1.29 is 8.78 Å². The highest BCUT2D eigenvalue weighted by Gasteiger charge is 1.79. The van der Waals surface area contributed by atoms with Crippen LogP contribution in [0.4, 0.5) is 8.78 Å². The van der Waals surface area contributed by atoms with Crippen molar-refractivity contribution in [2.24, 2.45) is 0 Å². The minimum Gasteiger partial charge on any atom is -0.250 e. The average molecular weight is 94.1 g/mol. The van der Waals surface area contributed by atoms with Crippen LogP contribution in [0.15, 0.2) is 0 Å². The first-order valence-corrected chi connectivity index (χ1v) is 1.67. The predicted octanol–water partition coefficient (Wildman–Crippen LogP) is 0.487. The largest absolute Gasteiger partial charge is 0.250 e. The van der Waals surface area contributed by atoms with E-state index in [1.54, 1.807) is 0 Å². The lowest BCUT2D eigenvalue weighted by atomic mass is 10.7. The molecule has 0 aromatic carbocycles. The van der Waals surface area contributed by atoms with E-state index in [1.807, 2.05) is 0 Å². The number of rotatable bonds is 3. The van der Waals surface area contributed by atoms with Gasteiger partial charge in [-0.2, -0.15) is 0 Å². The first kappa shape index (κ1) is 5.82. The molecule has 3 heteroatoms. The van der Waals surface area contributed by atoms with E-state index in [2.05, 4.69) is 5.32 Å². The number of halogens is 2. The molecule has 0 spiro atoms. The second kappa shape index (κ2) is 4.82. The molecule has 0 amide bonds. The summed E-state index contributed by atoms with van der Waals surface area (Å²) in [7, 11) is 0. The molecule has 0 fully saturated rings. The molecule has 0 saturated carbocycles. The van der Waals surface area contributed by atoms with E-state index < -0.39 is 13.5 Å². The van der Waals surface area contributed by atoms with E-state index in [0.717, 1.165) is 0 Å². The van der Waals surface area contributed by atoms with Gasteiger partial charge < -0.3 is 0 Å². The molecule has 0 rings (SSSR count). The van der Waals surface area contributed by atoms with Gasteiger partial charge >= 0.3 is 0 Å². The minimum absolute atomic E-state index is 0.00347. The zero-order chi connectivity index (χ0) is 4.83. The van der Waals surface area contributed by atoms with Gasteiger partial charge in [-0.15, -0.1) is 0 Å². The van der Waals surface area contributed by atoms with Crippen molar-refractivity contribution in [3.05, 3.63) is 0 Å². The first-order chi connectivity index (χ1) is 2.91. The van der Waals surface area contributed by atoms with Crippen LogP contribution in [0, 0.1) is 0 Å². The molecule has 1 radical (unpaired) electrons. The zero-order valence-electron chi connectivity index (χ0n) is 3.32. The van der Waals surface area contributed by atoms with Crippen LogP contribution in [-0.4, -0.2) is 20.0 Å². The fraction of sp³-hybridized carbons (Fsp3) is 1.00. The molecule has 0 atom stereocenters. The second-order valence-electron chi connectivity index (χ2n) is 0.756. The van der Waals surface area contributed by atoms with Crippen LogP contribution in [0.5, 0.6) is 0 Å². The average Bonchev–Trinajstić information content (AvgIpc) is 1.61. The molecular weight excluding hydrogens is 88.0 g/mol. The Labute approximate surface area is 35.4 Å². The summed E-state index contributed by atoms with van der Waals surface area (Å²) in [5.74, 6) is 0. The lowest BCUT2D eigenvalue weighted by Gasteiger charge is -1.83. The van der Waals surface area contributed by atoms with Gasteiger partial charge in [-0.25, -0.2) is 14.1 Å². The molecule has 0 saturated heterocycles. The van der Waals surface area contributed by atoms with Crippen LogP contribution in [-0.2, 0) is 0 Å². The van der Waals surface area contributed by atoms with Crippen LogP contribution >= 0.6 is 0 Å². The van der Waals surface area contributed by atoms with E-state index in [0.29, 0.717) is 0 Å². The van der Waals surface area contributed by atoms with E-state index in [-0.39, 0.29) is 6.54 Å². The second-order valence-corrected chi connectivity index (χ2v) is 0.756. The highest BCUT2D eigenvalue weighted by Crippen LogP contribution is 1.64. The third-order valence-corrected chi connectivity index (χ3v) is 0.327. The first-order valence-electron chi connectivity index (χ1n) is 1.67. The Kier molecular flexibility index (Phi) is 4.68. The van der Waals surface area contributed by atoms with E-state index >= 15 is 0 Å². The smallest absolute Gasteiger partial charge is 0.155 e.